The first-order valence-corrected chi connectivity index (χ1v) is 12.4. The number of nitrogens with zero attached hydrogens (tertiary/aromatic N) is 2. The average Bonchev–Trinajstić information content (AvgIpc) is 3.22. The molecule has 1 heterocycles. The van der Waals surface area contributed by atoms with Gasteiger partial charge in [-0.05, 0) is 52.8 Å². The van der Waals surface area contributed by atoms with Crippen LogP contribution in [0.1, 0.15) is 108 Å². The normalized spacial score (nSPS) is 13.6. The Labute approximate surface area is 214 Å². The van der Waals surface area contributed by atoms with Crippen LogP contribution in [0.4, 0.5) is 11.4 Å². The fourth-order valence-corrected chi connectivity index (χ4v) is 4.53. The molecule has 4 heteroatoms. The van der Waals surface area contributed by atoms with Gasteiger partial charge in [-0.25, -0.2) is 0 Å². The maximum atomic E-state index is 7.57. The molecular formula is C29H45CuN2O. The molecule has 0 aliphatic carbocycles. The number of rotatable bonds is 6. The Morgan fingerprint density at radius 2 is 0.909 bits per heavy atom. The van der Waals surface area contributed by atoms with Crippen molar-refractivity contribution in [3.63, 3.8) is 0 Å². The zero-order valence-electron chi connectivity index (χ0n) is 22.1. The van der Waals surface area contributed by atoms with E-state index in [0.717, 1.165) is 13.1 Å². The monoisotopic (exact) mass is 500 g/mol. The van der Waals surface area contributed by atoms with E-state index >= 15 is 0 Å². The third-order valence-electron chi connectivity index (χ3n) is 6.12. The molecule has 1 aliphatic rings. The third kappa shape index (κ3) is 7.01. The third-order valence-corrected chi connectivity index (χ3v) is 6.12. The minimum absolute atomic E-state index is 0. The summed E-state index contributed by atoms with van der Waals surface area (Å²) in [4.78, 5) is 5.01. The van der Waals surface area contributed by atoms with Gasteiger partial charge in [0.2, 0.25) is 0 Å². The molecule has 3 nitrogen and oxygen atoms in total. The summed E-state index contributed by atoms with van der Waals surface area (Å²) in [6.07, 6.45) is 0. The molecular weight excluding hydrogens is 456 g/mol. The van der Waals surface area contributed by atoms with Crippen molar-refractivity contribution < 1.29 is 22.2 Å². The van der Waals surface area contributed by atoms with Crippen LogP contribution in [-0.2, 0) is 17.1 Å². The molecule has 0 bridgehead atoms. The maximum Gasteiger partial charge on any atom is 1.00 e. The first-order chi connectivity index (χ1) is 15.1. The SMILES string of the molecule is CC(C)c1cccc(C(C)C)c1N1[CH-]N(c2c(C(C)C)cccc2C(C)C)CC1.CCO.[Cu+]. The summed E-state index contributed by atoms with van der Waals surface area (Å²) in [6.45, 7) is 24.8. The van der Waals surface area contributed by atoms with Crippen LogP contribution in [0, 0.1) is 6.67 Å². The van der Waals surface area contributed by atoms with Crippen molar-refractivity contribution in [2.45, 2.75) is 86.0 Å². The maximum absolute atomic E-state index is 7.57. The molecule has 0 spiro atoms. The molecule has 0 atom stereocenters. The van der Waals surface area contributed by atoms with Gasteiger partial charge in [0.25, 0.3) is 0 Å². The molecule has 33 heavy (non-hydrogen) atoms. The number of hydrogen-bond donors (Lipinski definition) is 1. The van der Waals surface area contributed by atoms with Gasteiger partial charge >= 0.3 is 17.1 Å². The summed E-state index contributed by atoms with van der Waals surface area (Å²) in [7, 11) is 0. The van der Waals surface area contributed by atoms with E-state index in [9.17, 15) is 0 Å². The quantitative estimate of drug-likeness (QED) is 0.326. The second kappa shape index (κ2) is 13.4. The standard InChI is InChI=1S/C27H39N2.C2H6O.Cu/c1-18(2)22-11-9-12-23(19(3)4)26(22)28-15-16-29(17-28)27-24(20(5)6)13-10-14-25(27)21(7)8;1-2-3;/h9-14,17-21H,15-16H2,1-8H3;3H,2H2,1H3;/q-1;;+1. The van der Waals surface area contributed by atoms with Crippen molar-refractivity contribution in [1.82, 2.24) is 0 Å². The zero-order chi connectivity index (χ0) is 24.0. The predicted octanol–water partition coefficient (Wildman–Crippen LogP) is 7.62. The molecule has 1 aliphatic heterocycles. The molecule has 1 N–H and O–H groups in total. The van der Waals surface area contributed by atoms with E-state index in [1.807, 2.05) is 0 Å². The van der Waals surface area contributed by atoms with E-state index in [1.54, 1.807) is 6.92 Å². The fraction of sp³-hybridized carbons (Fsp3) is 0.552. The summed E-state index contributed by atoms with van der Waals surface area (Å²) in [6, 6.07) is 13.7. The summed E-state index contributed by atoms with van der Waals surface area (Å²) < 4.78 is 0. The summed E-state index contributed by atoms with van der Waals surface area (Å²) in [5.74, 6) is 2.06. The van der Waals surface area contributed by atoms with Crippen molar-refractivity contribution in [2.75, 3.05) is 29.5 Å². The van der Waals surface area contributed by atoms with Crippen molar-refractivity contribution in [1.29, 1.82) is 0 Å². The van der Waals surface area contributed by atoms with Crippen LogP contribution in [0.2, 0.25) is 0 Å². The Bertz CT molecular complexity index is 739. The largest absolute Gasteiger partial charge is 1.00 e. The first-order valence-electron chi connectivity index (χ1n) is 12.4. The summed E-state index contributed by atoms with van der Waals surface area (Å²) >= 11 is 0. The van der Waals surface area contributed by atoms with E-state index in [1.165, 1.54) is 33.6 Å². The molecule has 0 amide bonds. The second-order valence-electron chi connectivity index (χ2n) is 10.0. The van der Waals surface area contributed by atoms with Gasteiger partial charge in [0.15, 0.2) is 0 Å². The summed E-state index contributed by atoms with van der Waals surface area (Å²) in [5, 5.41) is 7.57. The van der Waals surface area contributed by atoms with Gasteiger partial charge in [-0.2, -0.15) is 6.67 Å². The van der Waals surface area contributed by atoms with E-state index in [0.29, 0.717) is 23.7 Å². The van der Waals surface area contributed by atoms with Crippen LogP contribution >= 0.6 is 0 Å². The first kappa shape index (κ1) is 29.6. The van der Waals surface area contributed by atoms with Gasteiger partial charge in [0.1, 0.15) is 0 Å². The van der Waals surface area contributed by atoms with Gasteiger partial charge in [0.05, 0.1) is 0 Å². The van der Waals surface area contributed by atoms with Crippen LogP contribution in [0.15, 0.2) is 36.4 Å². The van der Waals surface area contributed by atoms with Gasteiger partial charge in [-0.15, -0.1) is 0 Å². The number of para-hydroxylation sites is 2. The molecule has 2 aromatic carbocycles. The fourth-order valence-electron chi connectivity index (χ4n) is 4.53. The Hall–Kier alpha value is -1.48. The van der Waals surface area contributed by atoms with Crippen LogP contribution in [0.25, 0.3) is 0 Å². The average molecular weight is 501 g/mol. The molecule has 188 valence electrons. The van der Waals surface area contributed by atoms with Gasteiger partial charge < -0.3 is 14.9 Å². The number of anilines is 2. The van der Waals surface area contributed by atoms with Gasteiger partial charge in [-0.1, -0.05) is 91.8 Å². The Kier molecular flexibility index (Phi) is 12.0. The number of benzene rings is 2. The summed E-state index contributed by atoms with van der Waals surface area (Å²) in [5.41, 5.74) is 8.67. The van der Waals surface area contributed by atoms with Crippen LogP contribution in [-0.4, -0.2) is 24.8 Å². The van der Waals surface area contributed by atoms with Crippen molar-refractivity contribution >= 4 is 11.4 Å². The number of aliphatic hydroxyl groups is 1. The van der Waals surface area contributed by atoms with E-state index in [2.05, 4.69) is 108 Å². The number of aliphatic hydroxyl groups excluding tert-OH is 1. The van der Waals surface area contributed by atoms with Crippen LogP contribution in [0.3, 0.4) is 0 Å². The molecule has 0 radical (unpaired) electrons. The van der Waals surface area contributed by atoms with Crippen molar-refractivity contribution in [3.05, 3.63) is 65.3 Å². The van der Waals surface area contributed by atoms with Crippen molar-refractivity contribution in [2.24, 2.45) is 0 Å². The zero-order valence-corrected chi connectivity index (χ0v) is 23.1. The van der Waals surface area contributed by atoms with E-state index in [-0.39, 0.29) is 23.7 Å². The minimum Gasteiger partial charge on any atom is -0.502 e. The molecule has 1 fully saturated rings. The molecule has 2 aromatic rings. The Balaban J connectivity index is 0.00000129. The second-order valence-corrected chi connectivity index (χ2v) is 10.0. The molecule has 0 saturated carbocycles. The van der Waals surface area contributed by atoms with Gasteiger partial charge in [-0.3, -0.25) is 0 Å². The Morgan fingerprint density at radius 1 is 0.667 bits per heavy atom. The molecule has 0 unspecified atom stereocenters. The minimum atomic E-state index is 0. The van der Waals surface area contributed by atoms with E-state index in [4.69, 9.17) is 5.11 Å². The van der Waals surface area contributed by atoms with Gasteiger partial charge in [0, 0.05) is 31.1 Å². The smallest absolute Gasteiger partial charge is 0.502 e. The van der Waals surface area contributed by atoms with E-state index < -0.39 is 0 Å². The molecule has 1 saturated heterocycles. The molecule has 3 rings (SSSR count). The van der Waals surface area contributed by atoms with Crippen molar-refractivity contribution in [3.8, 4) is 0 Å². The predicted molar refractivity (Wildman–Crippen MR) is 141 cm³/mol. The number of hydrogen-bond acceptors (Lipinski definition) is 3. The van der Waals surface area contributed by atoms with Crippen LogP contribution in [0.5, 0.6) is 0 Å². The Morgan fingerprint density at radius 3 is 1.12 bits per heavy atom. The molecule has 0 aromatic heterocycles. The van der Waals surface area contributed by atoms with Crippen LogP contribution < -0.4 is 9.80 Å². The topological polar surface area (TPSA) is 26.7 Å².